The van der Waals surface area contributed by atoms with Crippen LogP contribution in [0.25, 0.3) is 0 Å². The van der Waals surface area contributed by atoms with Crippen molar-refractivity contribution in [1.29, 1.82) is 0 Å². The van der Waals surface area contributed by atoms with Gasteiger partial charge in [0.05, 0.1) is 24.2 Å². The number of alkyl halides is 3. The summed E-state index contributed by atoms with van der Waals surface area (Å²) >= 11 is 12.2. The highest BCUT2D eigenvalue weighted by Gasteiger charge is 2.79. The van der Waals surface area contributed by atoms with Crippen molar-refractivity contribution in [3.8, 4) is 0 Å². The van der Waals surface area contributed by atoms with Gasteiger partial charge in [-0.2, -0.15) is 0 Å². The number of allylic oxidation sites excluding steroid dienone is 4. The van der Waals surface area contributed by atoms with E-state index < -0.39 is 46.2 Å². The van der Waals surface area contributed by atoms with Crippen LogP contribution in [-0.2, 0) is 14.4 Å². The van der Waals surface area contributed by atoms with Crippen molar-refractivity contribution in [3.05, 3.63) is 53.1 Å². The lowest BCUT2D eigenvalue weighted by Crippen LogP contribution is -2.70. The Kier molecular flexibility index (Phi) is 5.58. The topological polar surface area (TPSA) is 66.8 Å². The van der Waals surface area contributed by atoms with Crippen molar-refractivity contribution >= 4 is 40.5 Å². The van der Waals surface area contributed by atoms with Gasteiger partial charge in [0.2, 0.25) is 0 Å². The highest BCUT2D eigenvalue weighted by atomic mass is 35.5. The predicted octanol–water partition coefficient (Wildman–Crippen LogP) is 5.18. The van der Waals surface area contributed by atoms with Gasteiger partial charge >= 0.3 is 0 Å². The molecule has 9 heteroatoms. The lowest BCUT2D eigenvalue weighted by Gasteiger charge is -2.63. The van der Waals surface area contributed by atoms with Crippen molar-refractivity contribution in [2.75, 3.05) is 17.5 Å². The van der Waals surface area contributed by atoms with E-state index in [4.69, 9.17) is 28.0 Å². The van der Waals surface area contributed by atoms with Crippen LogP contribution < -0.4 is 5.06 Å². The van der Waals surface area contributed by atoms with Crippen molar-refractivity contribution in [3.63, 3.8) is 0 Å². The predicted molar refractivity (Wildman–Crippen MR) is 136 cm³/mol. The molecule has 6 rings (SSSR count). The first-order chi connectivity index (χ1) is 17.4. The first kappa shape index (κ1) is 25.5. The largest absolute Gasteiger partial charge is 0.390 e. The molecule has 1 heterocycles. The Balaban J connectivity index is 1.44. The number of hydrogen-bond donors (Lipinski definition) is 1. The molecule has 198 valence electrons. The molecule has 0 aromatic heterocycles. The fourth-order valence-corrected chi connectivity index (χ4v) is 8.93. The molecule has 0 spiro atoms. The fraction of sp³-hybridized carbons (Fsp3) is 0.571. The van der Waals surface area contributed by atoms with E-state index in [9.17, 15) is 14.7 Å². The number of hydroxylamine groups is 1. The van der Waals surface area contributed by atoms with Crippen molar-refractivity contribution < 1.29 is 28.3 Å². The lowest BCUT2D eigenvalue weighted by atomic mass is 9.44. The van der Waals surface area contributed by atoms with Crippen LogP contribution in [-0.4, -0.2) is 52.6 Å². The van der Waals surface area contributed by atoms with Crippen LogP contribution in [0.2, 0.25) is 5.02 Å². The number of fused-ring (bicyclic) bond motifs is 7. The third kappa shape index (κ3) is 3.03. The molecule has 1 N–H and O–H groups in total. The van der Waals surface area contributed by atoms with Crippen LogP contribution in [0.1, 0.15) is 33.1 Å². The van der Waals surface area contributed by atoms with Gasteiger partial charge in [-0.1, -0.05) is 24.6 Å². The molecule has 1 saturated heterocycles. The highest BCUT2D eigenvalue weighted by molar-refractivity contribution is 6.30. The number of ketones is 2. The zero-order valence-corrected chi connectivity index (χ0v) is 22.1. The first-order valence-corrected chi connectivity index (χ1v) is 13.6. The number of carbonyl (C=O) groups excluding carboxylic acids is 2. The van der Waals surface area contributed by atoms with Gasteiger partial charge in [0, 0.05) is 27.7 Å². The summed E-state index contributed by atoms with van der Waals surface area (Å²) in [4.78, 5) is 32.2. The summed E-state index contributed by atoms with van der Waals surface area (Å²) < 4.78 is 33.1. The van der Waals surface area contributed by atoms with Gasteiger partial charge in [-0.15, -0.1) is 11.6 Å². The van der Waals surface area contributed by atoms with Crippen molar-refractivity contribution in [2.45, 2.75) is 56.7 Å². The second-order valence-electron chi connectivity index (χ2n) is 11.7. The summed E-state index contributed by atoms with van der Waals surface area (Å²) in [6.45, 7) is 3.80. The van der Waals surface area contributed by atoms with E-state index in [-0.39, 0.29) is 41.8 Å². The Morgan fingerprint density at radius 3 is 2.59 bits per heavy atom. The molecular weight excluding hydrogens is 523 g/mol. The van der Waals surface area contributed by atoms with Gasteiger partial charge in [-0.3, -0.25) is 19.5 Å². The molecule has 5 aliphatic rings. The molecule has 9 unspecified atom stereocenters. The quantitative estimate of drug-likeness (QED) is 0.524. The summed E-state index contributed by atoms with van der Waals surface area (Å²) in [7, 11) is 0. The van der Waals surface area contributed by atoms with E-state index in [1.807, 2.05) is 6.92 Å². The van der Waals surface area contributed by atoms with E-state index in [1.54, 1.807) is 36.3 Å². The Labute approximate surface area is 224 Å². The molecule has 1 aromatic rings. The summed E-state index contributed by atoms with van der Waals surface area (Å²) in [5.41, 5.74) is -5.25. The highest BCUT2D eigenvalue weighted by Crippen LogP contribution is 2.72. The van der Waals surface area contributed by atoms with Crippen LogP contribution >= 0.6 is 23.2 Å². The van der Waals surface area contributed by atoms with Gasteiger partial charge < -0.3 is 5.11 Å². The molecule has 9 atom stereocenters. The van der Waals surface area contributed by atoms with E-state index >= 15 is 8.78 Å². The summed E-state index contributed by atoms with van der Waals surface area (Å²) in [6, 6.07) is 7.05. The Bertz CT molecular complexity index is 1240. The number of halogens is 4. The van der Waals surface area contributed by atoms with E-state index in [2.05, 4.69) is 0 Å². The second-order valence-corrected chi connectivity index (χ2v) is 12.4. The van der Waals surface area contributed by atoms with Crippen LogP contribution in [0.5, 0.6) is 0 Å². The number of aliphatic hydroxyl groups is 1. The average Bonchev–Trinajstić information content (AvgIpc) is 3.36. The minimum absolute atomic E-state index is 0.0557. The second kappa shape index (κ2) is 8.10. The molecule has 1 aliphatic heterocycles. The molecule has 37 heavy (non-hydrogen) atoms. The molecule has 4 fully saturated rings. The fourth-order valence-electron chi connectivity index (χ4n) is 8.61. The molecular formula is C28H29Cl2F2NO4. The normalized spacial score (nSPS) is 46.1. The number of anilines is 1. The maximum Gasteiger partial charge on any atom is 0.182 e. The average molecular weight is 552 g/mol. The minimum atomic E-state index is -2.21. The third-order valence-electron chi connectivity index (χ3n) is 10.3. The first-order valence-electron chi connectivity index (χ1n) is 12.7. The molecule has 1 aromatic carbocycles. The Morgan fingerprint density at radius 2 is 1.92 bits per heavy atom. The zero-order chi connectivity index (χ0) is 26.5. The van der Waals surface area contributed by atoms with Gasteiger partial charge in [0.25, 0.3) is 0 Å². The van der Waals surface area contributed by atoms with Crippen LogP contribution in [0.15, 0.2) is 48.1 Å². The number of rotatable bonds is 3. The van der Waals surface area contributed by atoms with E-state index in [0.29, 0.717) is 18.0 Å². The summed E-state index contributed by atoms with van der Waals surface area (Å²) in [5, 5.41) is 13.8. The number of Topliss-reactive ketones (excluding diaryl/α,β-unsaturated/α-hetero) is 1. The van der Waals surface area contributed by atoms with Crippen LogP contribution in [0, 0.1) is 28.6 Å². The SMILES string of the molecule is CC12C=CC(=O)C=C1C(F)CC1C3CC4CN(c5ccc(Cl)cc5)OC4(C(=O)CCl)C3(C)CC(O)C12F. The van der Waals surface area contributed by atoms with Gasteiger partial charge in [0.15, 0.2) is 22.8 Å². The van der Waals surface area contributed by atoms with Gasteiger partial charge in [-0.05, 0) is 74.1 Å². The number of hydrogen-bond acceptors (Lipinski definition) is 5. The third-order valence-corrected chi connectivity index (χ3v) is 10.8. The van der Waals surface area contributed by atoms with Gasteiger partial charge in [-0.25, -0.2) is 8.78 Å². The van der Waals surface area contributed by atoms with Crippen molar-refractivity contribution in [2.24, 2.45) is 28.6 Å². The maximum absolute atomic E-state index is 17.4. The smallest absolute Gasteiger partial charge is 0.182 e. The Hall–Kier alpha value is -1.80. The number of carbonyl (C=O) groups is 2. The molecule has 0 radical (unpaired) electrons. The molecule has 4 aliphatic carbocycles. The lowest BCUT2D eigenvalue weighted by molar-refractivity contribution is -0.226. The number of aliphatic hydroxyl groups excluding tert-OH is 1. The number of benzene rings is 1. The van der Waals surface area contributed by atoms with Crippen LogP contribution in [0.3, 0.4) is 0 Å². The standard InChI is InChI=1S/C28H29Cl2F2NO4/c1-25-8-7-18(34)10-21(25)22(31)11-20-19-9-15-14-33(17-5-3-16(30)4-6-17)37-28(15,24(36)13-29)26(19,2)12-23(35)27(20,25)32/h3-8,10,15,19-20,22-23,35H,9,11-14H2,1-2H3. The molecule has 3 saturated carbocycles. The maximum atomic E-state index is 17.4. The van der Waals surface area contributed by atoms with Crippen molar-refractivity contribution in [1.82, 2.24) is 0 Å². The number of nitrogens with zero attached hydrogens (tertiary/aromatic N) is 1. The summed E-state index contributed by atoms with van der Waals surface area (Å²) in [5.74, 6) is -2.64. The molecule has 0 bridgehead atoms. The Morgan fingerprint density at radius 1 is 1.22 bits per heavy atom. The monoisotopic (exact) mass is 551 g/mol. The van der Waals surface area contributed by atoms with E-state index in [1.165, 1.54) is 18.2 Å². The van der Waals surface area contributed by atoms with Gasteiger partial charge in [0.1, 0.15) is 6.17 Å². The summed E-state index contributed by atoms with van der Waals surface area (Å²) in [6.07, 6.45) is 1.01. The molecule has 5 nitrogen and oxygen atoms in total. The molecule has 0 amide bonds. The van der Waals surface area contributed by atoms with Crippen LogP contribution in [0.4, 0.5) is 14.5 Å². The minimum Gasteiger partial charge on any atom is -0.390 e. The van der Waals surface area contributed by atoms with E-state index in [0.717, 1.165) is 5.69 Å². The zero-order valence-electron chi connectivity index (χ0n) is 20.6.